The van der Waals surface area contributed by atoms with Gasteiger partial charge in [-0.05, 0) is 39.9 Å². The molecule has 6 nitrogen and oxygen atoms in total. The number of nitrogens with zero attached hydrogens (tertiary/aromatic N) is 1. The van der Waals surface area contributed by atoms with Crippen LogP contribution in [0.1, 0.15) is 33.6 Å². The number of benzene rings is 1. The van der Waals surface area contributed by atoms with E-state index >= 15 is 0 Å². The number of carbonyl (C=O) groups is 1. The average Bonchev–Trinajstić information content (AvgIpc) is 2.24. The van der Waals surface area contributed by atoms with Gasteiger partial charge < -0.3 is 11.1 Å². The minimum Gasteiger partial charge on any atom is -0.327 e. The van der Waals surface area contributed by atoms with Crippen molar-refractivity contribution in [2.24, 2.45) is 11.1 Å². The van der Waals surface area contributed by atoms with Crippen LogP contribution in [0.2, 0.25) is 0 Å². The molecule has 0 heterocycles. The largest absolute Gasteiger partial charge is 0.327 e. The summed E-state index contributed by atoms with van der Waals surface area (Å²) in [5.41, 5.74) is 6.47. The van der Waals surface area contributed by atoms with Crippen LogP contribution >= 0.6 is 15.9 Å². The highest BCUT2D eigenvalue weighted by Gasteiger charge is 2.19. The predicted molar refractivity (Wildman–Crippen MR) is 86.1 cm³/mol. The average molecular weight is 358 g/mol. The van der Waals surface area contributed by atoms with Gasteiger partial charge in [0.2, 0.25) is 5.91 Å². The van der Waals surface area contributed by atoms with E-state index in [1.807, 2.05) is 0 Å². The summed E-state index contributed by atoms with van der Waals surface area (Å²) in [6.45, 7) is 6.20. The summed E-state index contributed by atoms with van der Waals surface area (Å²) < 4.78 is 0.323. The smallest absolute Gasteiger partial charge is 0.283 e. The lowest BCUT2D eigenvalue weighted by molar-refractivity contribution is -0.385. The molecule has 1 amide bonds. The van der Waals surface area contributed by atoms with Crippen LogP contribution < -0.4 is 11.1 Å². The Kier molecular flexibility index (Phi) is 5.86. The van der Waals surface area contributed by atoms with E-state index in [4.69, 9.17) is 5.73 Å². The molecule has 21 heavy (non-hydrogen) atoms. The molecule has 1 aromatic rings. The molecule has 0 spiro atoms. The van der Waals surface area contributed by atoms with E-state index in [1.54, 1.807) is 0 Å². The van der Waals surface area contributed by atoms with Gasteiger partial charge in [0.15, 0.2) is 0 Å². The fraction of sp³-hybridized carbons (Fsp3) is 0.500. The van der Waals surface area contributed by atoms with Crippen molar-refractivity contribution in [3.05, 3.63) is 32.8 Å². The van der Waals surface area contributed by atoms with Crippen LogP contribution in [0.15, 0.2) is 22.7 Å². The van der Waals surface area contributed by atoms with E-state index < -0.39 is 4.92 Å². The van der Waals surface area contributed by atoms with Gasteiger partial charge in [0, 0.05) is 24.2 Å². The van der Waals surface area contributed by atoms with Crippen molar-refractivity contribution in [3.63, 3.8) is 0 Å². The van der Waals surface area contributed by atoms with E-state index in [-0.39, 0.29) is 29.5 Å². The topological polar surface area (TPSA) is 98.3 Å². The molecule has 3 N–H and O–H groups in total. The number of carbonyl (C=O) groups excluding carboxylic acids is 1. The fourth-order valence-electron chi connectivity index (χ4n) is 2.04. The number of nitro benzene ring substituents is 1. The summed E-state index contributed by atoms with van der Waals surface area (Å²) in [6, 6.07) is 4.13. The lowest BCUT2D eigenvalue weighted by Gasteiger charge is -2.22. The van der Waals surface area contributed by atoms with Gasteiger partial charge in [-0.3, -0.25) is 14.9 Å². The van der Waals surface area contributed by atoms with Crippen molar-refractivity contribution in [3.8, 4) is 0 Å². The van der Waals surface area contributed by atoms with Crippen LogP contribution in [0.4, 0.5) is 11.4 Å². The molecule has 0 aliphatic rings. The molecule has 0 fully saturated rings. The van der Waals surface area contributed by atoms with Crippen LogP contribution in [0.25, 0.3) is 0 Å². The Morgan fingerprint density at radius 1 is 1.48 bits per heavy atom. The van der Waals surface area contributed by atoms with E-state index in [2.05, 4.69) is 42.0 Å². The zero-order valence-electron chi connectivity index (χ0n) is 12.4. The molecule has 0 aliphatic heterocycles. The zero-order valence-corrected chi connectivity index (χ0v) is 13.9. The summed E-state index contributed by atoms with van der Waals surface area (Å²) in [4.78, 5) is 22.1. The number of halogens is 1. The third kappa shape index (κ3) is 6.22. The molecule has 1 rings (SSSR count). The van der Waals surface area contributed by atoms with Crippen LogP contribution in [0.5, 0.6) is 0 Å². The van der Waals surface area contributed by atoms with E-state index in [0.29, 0.717) is 10.2 Å². The zero-order chi connectivity index (χ0) is 16.2. The second-order valence-corrected chi connectivity index (χ2v) is 7.05. The maximum absolute atomic E-state index is 11.9. The normalized spacial score (nSPS) is 12.8. The summed E-state index contributed by atoms with van der Waals surface area (Å²) in [5, 5.41) is 13.4. The van der Waals surface area contributed by atoms with Gasteiger partial charge in [-0.15, -0.1) is 0 Å². The molecule has 1 aromatic carbocycles. The number of hydrogen-bond acceptors (Lipinski definition) is 4. The first-order valence-electron chi connectivity index (χ1n) is 6.58. The van der Waals surface area contributed by atoms with Crippen molar-refractivity contribution >= 4 is 33.2 Å². The van der Waals surface area contributed by atoms with E-state index in [9.17, 15) is 14.9 Å². The maximum Gasteiger partial charge on any atom is 0.283 e. The highest BCUT2D eigenvalue weighted by molar-refractivity contribution is 9.10. The summed E-state index contributed by atoms with van der Waals surface area (Å²) in [7, 11) is 0. The number of hydrogen-bond donors (Lipinski definition) is 2. The Morgan fingerprint density at radius 2 is 2.10 bits per heavy atom. The summed E-state index contributed by atoms with van der Waals surface area (Å²) in [6.07, 6.45) is 0.955. The van der Waals surface area contributed by atoms with Gasteiger partial charge in [-0.2, -0.15) is 0 Å². The van der Waals surface area contributed by atoms with Gasteiger partial charge >= 0.3 is 0 Å². The van der Waals surface area contributed by atoms with Crippen molar-refractivity contribution in [2.45, 2.75) is 39.7 Å². The maximum atomic E-state index is 11.9. The predicted octanol–water partition coefficient (Wildman–Crippen LogP) is 3.45. The van der Waals surface area contributed by atoms with Crippen molar-refractivity contribution in [1.82, 2.24) is 0 Å². The third-order valence-electron chi connectivity index (χ3n) is 2.75. The Morgan fingerprint density at radius 3 is 2.57 bits per heavy atom. The quantitative estimate of drug-likeness (QED) is 0.622. The molecular formula is C14H20BrN3O3. The lowest BCUT2D eigenvalue weighted by atomic mass is 9.87. The minimum absolute atomic E-state index is 0.0440. The van der Waals surface area contributed by atoms with Crippen molar-refractivity contribution in [1.29, 1.82) is 0 Å². The van der Waals surface area contributed by atoms with Gasteiger partial charge in [0.1, 0.15) is 0 Å². The first-order chi connectivity index (χ1) is 9.58. The second kappa shape index (κ2) is 7.00. The Labute approximate surface area is 132 Å². The Hall–Kier alpha value is -1.47. The number of nitrogens with two attached hydrogens (primary N) is 1. The molecule has 1 unspecified atom stereocenters. The van der Waals surface area contributed by atoms with Crippen molar-refractivity contribution < 1.29 is 9.72 Å². The van der Waals surface area contributed by atoms with E-state index in [0.717, 1.165) is 6.42 Å². The first kappa shape index (κ1) is 17.6. The minimum atomic E-state index is -0.491. The molecule has 0 bridgehead atoms. The number of anilines is 1. The van der Waals surface area contributed by atoms with Crippen LogP contribution in [-0.2, 0) is 4.79 Å². The fourth-order valence-corrected chi connectivity index (χ4v) is 2.57. The standard InChI is InChI=1S/C14H20BrN3O3/c1-14(2,3)8-9(16)6-13(19)17-10-4-5-12(18(20)21)11(15)7-10/h4-5,7,9H,6,8,16H2,1-3H3,(H,17,19). The Balaban J connectivity index is 2.63. The number of amides is 1. The molecular weight excluding hydrogens is 338 g/mol. The molecule has 0 saturated heterocycles. The lowest BCUT2D eigenvalue weighted by Crippen LogP contribution is -2.31. The molecule has 1 atom stereocenters. The first-order valence-corrected chi connectivity index (χ1v) is 7.37. The van der Waals surface area contributed by atoms with Crippen LogP contribution in [0, 0.1) is 15.5 Å². The van der Waals surface area contributed by atoms with Gasteiger partial charge in [0.05, 0.1) is 9.40 Å². The van der Waals surface area contributed by atoms with Crippen molar-refractivity contribution in [2.75, 3.05) is 5.32 Å². The van der Waals surface area contributed by atoms with Gasteiger partial charge in [0.25, 0.3) is 5.69 Å². The Bertz CT molecular complexity index is 541. The number of rotatable bonds is 5. The monoisotopic (exact) mass is 357 g/mol. The summed E-state index contributed by atoms with van der Waals surface area (Å²) in [5.74, 6) is -0.201. The molecule has 0 radical (unpaired) electrons. The number of nitro groups is 1. The van der Waals surface area contributed by atoms with Gasteiger partial charge in [-0.1, -0.05) is 20.8 Å². The molecule has 7 heteroatoms. The molecule has 0 aromatic heterocycles. The third-order valence-corrected chi connectivity index (χ3v) is 3.39. The highest BCUT2D eigenvalue weighted by atomic mass is 79.9. The molecule has 0 saturated carbocycles. The van der Waals surface area contributed by atoms with E-state index in [1.165, 1.54) is 18.2 Å². The van der Waals surface area contributed by atoms with Gasteiger partial charge in [-0.25, -0.2) is 0 Å². The number of nitrogens with one attached hydrogen (secondary N) is 1. The SMILES string of the molecule is CC(C)(C)CC(N)CC(=O)Nc1ccc([N+](=O)[O-])c(Br)c1. The highest BCUT2D eigenvalue weighted by Crippen LogP contribution is 2.28. The van der Waals surface area contributed by atoms with Crippen LogP contribution in [-0.4, -0.2) is 16.9 Å². The second-order valence-electron chi connectivity index (χ2n) is 6.20. The summed E-state index contributed by atoms with van der Waals surface area (Å²) >= 11 is 3.11. The molecule has 0 aliphatic carbocycles. The molecule has 116 valence electrons. The van der Waals surface area contributed by atoms with Crippen LogP contribution in [0.3, 0.4) is 0 Å².